The Hall–Kier alpha value is -1.48. The number of nitrogens with one attached hydrogen (secondary N) is 1. The maximum Gasteiger partial charge on any atom is 0.285 e. The van der Waals surface area contributed by atoms with Crippen molar-refractivity contribution < 1.29 is 14.1 Å². The molecule has 0 spiro atoms. The monoisotopic (exact) mass is 331 g/mol. The number of nitro groups is 1. The minimum atomic E-state index is -0.905. The quantitative estimate of drug-likeness (QED) is 0.497. The smallest absolute Gasteiger partial charge is 0.285 e. The third-order valence-electron chi connectivity index (χ3n) is 2.93. The zero-order chi connectivity index (χ0) is 15.4. The van der Waals surface area contributed by atoms with E-state index >= 15 is 0 Å². The molecule has 0 saturated carbocycles. The van der Waals surface area contributed by atoms with Crippen molar-refractivity contribution in [2.45, 2.75) is 5.25 Å². The minimum Gasteiger partial charge on any atom is -0.396 e. The van der Waals surface area contributed by atoms with Crippen LogP contribution in [0.3, 0.4) is 0 Å². The Labute approximate surface area is 129 Å². The summed E-state index contributed by atoms with van der Waals surface area (Å²) in [7, 11) is 0. The molecule has 1 unspecified atom stereocenters. The SMILES string of the molecule is Nc1cc(C(=O)NCC2CSCCS2)c([N+](=O)[O-])cc1F. The molecular weight excluding hydrogens is 317 g/mol. The second kappa shape index (κ2) is 6.99. The maximum absolute atomic E-state index is 13.3. The summed E-state index contributed by atoms with van der Waals surface area (Å²) >= 11 is 3.58. The molecule has 9 heteroatoms. The Morgan fingerprint density at radius 3 is 2.90 bits per heavy atom. The lowest BCUT2D eigenvalue weighted by atomic mass is 10.1. The van der Waals surface area contributed by atoms with Crippen LogP contribution in [0.5, 0.6) is 0 Å². The lowest BCUT2D eigenvalue weighted by molar-refractivity contribution is -0.385. The Balaban J connectivity index is 2.10. The summed E-state index contributed by atoms with van der Waals surface area (Å²) in [6.45, 7) is 0.422. The Kier molecular flexibility index (Phi) is 5.29. The van der Waals surface area contributed by atoms with Gasteiger partial charge in [0.1, 0.15) is 5.56 Å². The first-order chi connectivity index (χ1) is 9.99. The number of hydrogen-bond acceptors (Lipinski definition) is 6. The number of benzene rings is 1. The number of nitrogen functional groups attached to an aromatic ring is 1. The summed E-state index contributed by atoms with van der Waals surface area (Å²) in [4.78, 5) is 22.2. The van der Waals surface area contributed by atoms with Gasteiger partial charge in [-0.3, -0.25) is 14.9 Å². The number of thioether (sulfide) groups is 2. The molecule has 1 saturated heterocycles. The van der Waals surface area contributed by atoms with Gasteiger partial charge in [0.05, 0.1) is 16.7 Å². The third kappa shape index (κ3) is 4.01. The standard InChI is InChI=1S/C12H14FN3O3S2/c13-9-4-11(16(18)19)8(3-10(9)14)12(17)15-5-7-6-20-1-2-21-7/h3-4,7H,1-2,5-6,14H2,(H,15,17). The molecule has 1 fully saturated rings. The van der Waals surface area contributed by atoms with Crippen molar-refractivity contribution in [1.29, 1.82) is 0 Å². The highest BCUT2D eigenvalue weighted by atomic mass is 32.2. The van der Waals surface area contributed by atoms with Gasteiger partial charge in [0, 0.05) is 29.1 Å². The molecule has 0 aliphatic carbocycles. The average Bonchev–Trinajstić information content (AvgIpc) is 2.48. The number of rotatable bonds is 4. The number of halogens is 1. The summed E-state index contributed by atoms with van der Waals surface area (Å²) in [5, 5.41) is 13.8. The van der Waals surface area contributed by atoms with E-state index in [1.54, 1.807) is 11.8 Å². The van der Waals surface area contributed by atoms with Crippen LogP contribution in [0.4, 0.5) is 15.8 Å². The molecule has 0 radical (unpaired) electrons. The van der Waals surface area contributed by atoms with Crippen LogP contribution in [0.2, 0.25) is 0 Å². The van der Waals surface area contributed by atoms with Gasteiger partial charge < -0.3 is 11.1 Å². The summed E-state index contributed by atoms with van der Waals surface area (Å²) < 4.78 is 13.3. The van der Waals surface area contributed by atoms with Crippen molar-refractivity contribution in [3.05, 3.63) is 33.6 Å². The minimum absolute atomic E-state index is 0.215. The van der Waals surface area contributed by atoms with Gasteiger partial charge in [-0.15, -0.1) is 0 Å². The predicted octanol–water partition coefficient (Wildman–Crippen LogP) is 1.89. The second-order valence-corrected chi connectivity index (χ2v) is 6.98. The van der Waals surface area contributed by atoms with Crippen LogP contribution >= 0.6 is 23.5 Å². The topological polar surface area (TPSA) is 98.3 Å². The van der Waals surface area contributed by atoms with Crippen LogP contribution < -0.4 is 11.1 Å². The van der Waals surface area contributed by atoms with Crippen LogP contribution in [0.15, 0.2) is 12.1 Å². The van der Waals surface area contributed by atoms with Crippen molar-refractivity contribution in [3.8, 4) is 0 Å². The largest absolute Gasteiger partial charge is 0.396 e. The van der Waals surface area contributed by atoms with E-state index in [1.165, 1.54) is 0 Å². The summed E-state index contributed by atoms with van der Waals surface area (Å²) in [5.74, 6) is 1.53. The van der Waals surface area contributed by atoms with Gasteiger partial charge >= 0.3 is 0 Å². The van der Waals surface area contributed by atoms with Crippen LogP contribution in [0.25, 0.3) is 0 Å². The van der Waals surface area contributed by atoms with Crippen molar-refractivity contribution in [1.82, 2.24) is 5.32 Å². The van der Waals surface area contributed by atoms with E-state index in [4.69, 9.17) is 5.73 Å². The van der Waals surface area contributed by atoms with Gasteiger partial charge in [0.15, 0.2) is 5.82 Å². The van der Waals surface area contributed by atoms with Gasteiger partial charge in [-0.1, -0.05) is 0 Å². The number of nitro benzene ring substituents is 1. The first-order valence-electron chi connectivity index (χ1n) is 6.20. The van der Waals surface area contributed by atoms with Gasteiger partial charge in [-0.2, -0.15) is 23.5 Å². The molecule has 1 heterocycles. The molecular formula is C12H14FN3O3S2. The van der Waals surface area contributed by atoms with Crippen LogP contribution in [0.1, 0.15) is 10.4 Å². The van der Waals surface area contributed by atoms with Crippen LogP contribution in [-0.2, 0) is 0 Å². The molecule has 1 aliphatic heterocycles. The first kappa shape index (κ1) is 15.9. The first-order valence-corrected chi connectivity index (χ1v) is 8.40. The van der Waals surface area contributed by atoms with Crippen molar-refractivity contribution in [2.75, 3.05) is 29.5 Å². The van der Waals surface area contributed by atoms with E-state index in [-0.39, 0.29) is 16.5 Å². The Morgan fingerprint density at radius 1 is 1.52 bits per heavy atom. The fourth-order valence-corrected chi connectivity index (χ4v) is 4.48. The molecule has 6 nitrogen and oxygen atoms in total. The fourth-order valence-electron chi connectivity index (χ4n) is 1.87. The second-order valence-electron chi connectivity index (χ2n) is 4.43. The van der Waals surface area contributed by atoms with E-state index in [1.807, 2.05) is 11.8 Å². The maximum atomic E-state index is 13.3. The number of anilines is 1. The average molecular weight is 331 g/mol. The van der Waals surface area contributed by atoms with Gasteiger partial charge in [-0.05, 0) is 6.07 Å². The molecule has 0 bridgehead atoms. The van der Waals surface area contributed by atoms with E-state index < -0.39 is 22.3 Å². The molecule has 114 valence electrons. The number of amides is 1. The predicted molar refractivity (Wildman–Crippen MR) is 83.4 cm³/mol. The molecule has 2 rings (SSSR count). The highest BCUT2D eigenvalue weighted by Gasteiger charge is 2.24. The zero-order valence-electron chi connectivity index (χ0n) is 11.0. The summed E-state index contributed by atoms with van der Waals surface area (Å²) in [5.41, 5.74) is 4.30. The van der Waals surface area contributed by atoms with Crippen molar-refractivity contribution in [2.24, 2.45) is 0 Å². The molecule has 1 aromatic carbocycles. The van der Waals surface area contributed by atoms with Gasteiger partial charge in [0.2, 0.25) is 0 Å². The number of nitrogens with two attached hydrogens (primary N) is 1. The number of hydrogen-bond donors (Lipinski definition) is 2. The Morgan fingerprint density at radius 2 is 2.29 bits per heavy atom. The molecule has 1 amide bonds. The molecule has 1 atom stereocenters. The van der Waals surface area contributed by atoms with E-state index in [0.29, 0.717) is 12.6 Å². The van der Waals surface area contributed by atoms with E-state index in [0.717, 1.165) is 23.3 Å². The molecule has 0 aromatic heterocycles. The summed E-state index contributed by atoms with van der Waals surface area (Å²) in [6, 6.07) is 1.68. The van der Waals surface area contributed by atoms with Gasteiger partial charge in [-0.25, -0.2) is 4.39 Å². The fraction of sp³-hybridized carbons (Fsp3) is 0.417. The van der Waals surface area contributed by atoms with Gasteiger partial charge in [0.25, 0.3) is 11.6 Å². The van der Waals surface area contributed by atoms with Crippen molar-refractivity contribution in [3.63, 3.8) is 0 Å². The normalized spacial score (nSPS) is 18.2. The molecule has 1 aromatic rings. The van der Waals surface area contributed by atoms with E-state index in [2.05, 4.69) is 5.32 Å². The van der Waals surface area contributed by atoms with Crippen LogP contribution in [-0.4, -0.2) is 39.9 Å². The number of nitrogens with zero attached hydrogens (tertiary/aromatic N) is 1. The highest BCUT2D eigenvalue weighted by molar-refractivity contribution is 8.06. The lowest BCUT2D eigenvalue weighted by Gasteiger charge is -2.21. The van der Waals surface area contributed by atoms with Crippen LogP contribution in [0, 0.1) is 15.9 Å². The zero-order valence-corrected chi connectivity index (χ0v) is 12.6. The van der Waals surface area contributed by atoms with Crippen molar-refractivity contribution >= 4 is 40.8 Å². The molecule has 1 aliphatic rings. The number of carbonyl (C=O) groups excluding carboxylic acids is 1. The van der Waals surface area contributed by atoms with E-state index in [9.17, 15) is 19.3 Å². The molecule has 21 heavy (non-hydrogen) atoms. The highest BCUT2D eigenvalue weighted by Crippen LogP contribution is 2.25. The molecule has 3 N–H and O–H groups in total. The lowest BCUT2D eigenvalue weighted by Crippen LogP contribution is -2.33. The third-order valence-corrected chi connectivity index (χ3v) is 5.78. The summed E-state index contributed by atoms with van der Waals surface area (Å²) in [6.07, 6.45) is 0. The number of carbonyl (C=O) groups is 1. The Bertz CT molecular complexity index is 565.